The molecule has 1 saturated carbocycles. The fraction of sp³-hybridized carbons (Fsp3) is 0.382. The number of amidine groups is 1. The lowest BCUT2D eigenvalue weighted by molar-refractivity contribution is -0.131. The van der Waals surface area contributed by atoms with Crippen molar-refractivity contribution in [2.24, 2.45) is 4.99 Å². The molecule has 1 aliphatic heterocycles. The fourth-order valence-corrected chi connectivity index (χ4v) is 6.12. The number of aliphatic imine (C=N–C) groups is 1. The van der Waals surface area contributed by atoms with Gasteiger partial charge in [-0.3, -0.25) is 14.7 Å². The van der Waals surface area contributed by atoms with Gasteiger partial charge in [0.05, 0.1) is 6.54 Å². The number of unbranched alkanes of at least 4 members (excludes halogenated alkanes) is 1. The second-order valence-electron chi connectivity index (χ2n) is 11.8. The molecule has 3 aromatic carbocycles. The van der Waals surface area contributed by atoms with E-state index in [1.54, 1.807) is 4.80 Å². The van der Waals surface area contributed by atoms with E-state index in [1.807, 2.05) is 41.3 Å². The number of hydrogen-bond acceptors (Lipinski definition) is 5. The van der Waals surface area contributed by atoms with E-state index in [1.165, 1.54) is 0 Å². The largest absolute Gasteiger partial charge is 0.294 e. The van der Waals surface area contributed by atoms with Gasteiger partial charge in [0.2, 0.25) is 5.82 Å². The van der Waals surface area contributed by atoms with Crippen LogP contribution in [0.3, 0.4) is 0 Å². The number of tetrazole rings is 1. The molecule has 7 nitrogen and oxygen atoms in total. The SMILES string of the molecule is CCCCC1=NC2(CCCC2)C(=O)N1Cc1ccc(-c2ccccc2-c2nnn(C(C)(C)c3ccccc3)n2)cc1. The zero-order chi connectivity index (χ0) is 28.5. The molecule has 4 aromatic rings. The maximum atomic E-state index is 13.6. The molecule has 1 amide bonds. The van der Waals surface area contributed by atoms with Crippen molar-refractivity contribution in [3.8, 4) is 22.5 Å². The molecule has 210 valence electrons. The molecule has 0 unspecified atom stereocenters. The highest BCUT2D eigenvalue weighted by atomic mass is 16.2. The minimum Gasteiger partial charge on any atom is -0.294 e. The Bertz CT molecular complexity index is 1550. The number of rotatable bonds is 9. The molecule has 1 aromatic heterocycles. The van der Waals surface area contributed by atoms with E-state index in [9.17, 15) is 4.79 Å². The van der Waals surface area contributed by atoms with Crippen molar-refractivity contribution in [1.82, 2.24) is 25.1 Å². The predicted molar refractivity (Wildman–Crippen MR) is 162 cm³/mol. The zero-order valence-corrected chi connectivity index (χ0v) is 24.3. The lowest BCUT2D eigenvalue weighted by Gasteiger charge is -2.23. The Labute approximate surface area is 242 Å². The average molecular weight is 547 g/mol. The summed E-state index contributed by atoms with van der Waals surface area (Å²) in [6.07, 6.45) is 6.95. The third kappa shape index (κ3) is 5.09. The summed E-state index contributed by atoms with van der Waals surface area (Å²) in [6.45, 7) is 6.94. The molecule has 2 heterocycles. The number of carbonyl (C=O) groups is 1. The van der Waals surface area contributed by atoms with Crippen LogP contribution >= 0.6 is 0 Å². The van der Waals surface area contributed by atoms with Crippen molar-refractivity contribution >= 4 is 11.7 Å². The maximum Gasteiger partial charge on any atom is 0.256 e. The summed E-state index contributed by atoms with van der Waals surface area (Å²) in [7, 11) is 0. The number of amides is 1. The topological polar surface area (TPSA) is 76.3 Å². The summed E-state index contributed by atoms with van der Waals surface area (Å²) in [5.74, 6) is 1.76. The van der Waals surface area contributed by atoms with Crippen LogP contribution in [0.2, 0.25) is 0 Å². The van der Waals surface area contributed by atoms with E-state index in [0.717, 1.165) is 78.6 Å². The first-order chi connectivity index (χ1) is 19.9. The van der Waals surface area contributed by atoms with E-state index in [2.05, 4.69) is 73.5 Å². The standard InChI is InChI=1S/C34H38N6O/c1-4-5-17-30-35-34(22-11-12-23-34)32(41)39(30)24-25-18-20-26(21-19-25)28-15-9-10-16-29(28)31-36-38-40(37-31)33(2,3)27-13-7-6-8-14-27/h6-10,13-16,18-21H,4-5,11-12,17,22-24H2,1-3H3. The van der Waals surface area contributed by atoms with Crippen molar-refractivity contribution in [2.75, 3.05) is 0 Å². The molecule has 1 aliphatic carbocycles. The van der Waals surface area contributed by atoms with E-state index in [4.69, 9.17) is 10.1 Å². The van der Waals surface area contributed by atoms with Gasteiger partial charge in [-0.2, -0.15) is 4.80 Å². The van der Waals surface area contributed by atoms with Crippen LogP contribution < -0.4 is 0 Å². The molecule has 0 atom stereocenters. The number of nitrogens with zero attached hydrogens (tertiary/aromatic N) is 6. The third-order valence-corrected chi connectivity index (χ3v) is 8.65. The molecule has 0 N–H and O–H groups in total. The minimum atomic E-state index is -0.499. The van der Waals surface area contributed by atoms with Crippen LogP contribution in [-0.4, -0.2) is 42.4 Å². The summed E-state index contributed by atoms with van der Waals surface area (Å²) in [4.78, 5) is 22.2. The number of hydrogen-bond donors (Lipinski definition) is 0. The van der Waals surface area contributed by atoms with Crippen LogP contribution in [0.5, 0.6) is 0 Å². The van der Waals surface area contributed by atoms with Gasteiger partial charge in [0.1, 0.15) is 16.9 Å². The van der Waals surface area contributed by atoms with Gasteiger partial charge in [0.15, 0.2) is 0 Å². The lowest BCUT2D eigenvalue weighted by atomic mass is 9.95. The summed E-state index contributed by atoms with van der Waals surface area (Å²) in [5, 5.41) is 13.7. The summed E-state index contributed by atoms with van der Waals surface area (Å²) >= 11 is 0. The summed E-state index contributed by atoms with van der Waals surface area (Å²) < 4.78 is 0. The normalized spacial score (nSPS) is 16.5. The van der Waals surface area contributed by atoms with Gasteiger partial charge in [-0.1, -0.05) is 105 Å². The van der Waals surface area contributed by atoms with Gasteiger partial charge in [-0.25, -0.2) is 0 Å². The van der Waals surface area contributed by atoms with Crippen molar-refractivity contribution in [1.29, 1.82) is 0 Å². The van der Waals surface area contributed by atoms with E-state index in [0.29, 0.717) is 12.4 Å². The second kappa shape index (κ2) is 11.0. The Balaban J connectivity index is 1.24. The van der Waals surface area contributed by atoms with Crippen LogP contribution in [0, 0.1) is 0 Å². The molecule has 1 spiro atoms. The highest BCUT2D eigenvalue weighted by Gasteiger charge is 2.49. The summed E-state index contributed by atoms with van der Waals surface area (Å²) in [6, 6.07) is 26.9. The van der Waals surface area contributed by atoms with Gasteiger partial charge in [0.25, 0.3) is 5.91 Å². The first kappa shape index (κ1) is 27.1. The molecule has 7 heteroatoms. The highest BCUT2D eigenvalue weighted by Crippen LogP contribution is 2.40. The molecule has 0 radical (unpaired) electrons. The van der Waals surface area contributed by atoms with Crippen LogP contribution in [-0.2, 0) is 16.9 Å². The fourth-order valence-electron chi connectivity index (χ4n) is 6.12. The van der Waals surface area contributed by atoms with Crippen LogP contribution in [0.4, 0.5) is 0 Å². The maximum absolute atomic E-state index is 13.6. The van der Waals surface area contributed by atoms with Crippen LogP contribution in [0.25, 0.3) is 22.5 Å². The third-order valence-electron chi connectivity index (χ3n) is 8.65. The van der Waals surface area contributed by atoms with Gasteiger partial charge in [-0.15, -0.1) is 10.2 Å². The second-order valence-corrected chi connectivity index (χ2v) is 11.8. The van der Waals surface area contributed by atoms with Crippen LogP contribution in [0.1, 0.15) is 76.8 Å². The van der Waals surface area contributed by atoms with Gasteiger partial charge >= 0.3 is 0 Å². The van der Waals surface area contributed by atoms with Gasteiger partial charge in [-0.05, 0) is 60.6 Å². The quantitative estimate of drug-likeness (QED) is 0.226. The van der Waals surface area contributed by atoms with E-state index in [-0.39, 0.29) is 5.91 Å². The Hall–Kier alpha value is -4.13. The Kier molecular flexibility index (Phi) is 7.28. The number of aromatic nitrogens is 4. The van der Waals surface area contributed by atoms with Gasteiger partial charge in [0, 0.05) is 12.0 Å². The molecule has 41 heavy (non-hydrogen) atoms. The molecule has 1 fully saturated rings. The summed E-state index contributed by atoms with van der Waals surface area (Å²) in [5.41, 5.74) is 4.33. The minimum absolute atomic E-state index is 0.197. The highest BCUT2D eigenvalue weighted by molar-refractivity contribution is 6.08. The Morgan fingerprint density at radius 3 is 2.27 bits per heavy atom. The van der Waals surface area contributed by atoms with Gasteiger partial charge < -0.3 is 0 Å². The first-order valence-corrected chi connectivity index (χ1v) is 14.9. The van der Waals surface area contributed by atoms with Crippen molar-refractivity contribution in [3.63, 3.8) is 0 Å². The number of carbonyl (C=O) groups excluding carboxylic acids is 1. The number of benzene rings is 3. The van der Waals surface area contributed by atoms with Crippen molar-refractivity contribution in [3.05, 3.63) is 90.0 Å². The van der Waals surface area contributed by atoms with Crippen molar-refractivity contribution in [2.45, 2.75) is 83.3 Å². The average Bonchev–Trinajstić information content (AvgIpc) is 3.75. The van der Waals surface area contributed by atoms with E-state index < -0.39 is 11.1 Å². The Morgan fingerprint density at radius 1 is 0.878 bits per heavy atom. The van der Waals surface area contributed by atoms with E-state index >= 15 is 0 Å². The molecular formula is C34H38N6O. The zero-order valence-electron chi connectivity index (χ0n) is 24.3. The predicted octanol–water partition coefficient (Wildman–Crippen LogP) is 7.03. The first-order valence-electron chi connectivity index (χ1n) is 14.9. The molecule has 0 saturated heterocycles. The van der Waals surface area contributed by atoms with Crippen molar-refractivity contribution < 1.29 is 4.79 Å². The molecule has 6 rings (SSSR count). The Morgan fingerprint density at radius 2 is 1.56 bits per heavy atom. The monoisotopic (exact) mass is 546 g/mol. The lowest BCUT2D eigenvalue weighted by Crippen LogP contribution is -2.40. The molecular weight excluding hydrogens is 508 g/mol. The molecule has 0 bridgehead atoms. The smallest absolute Gasteiger partial charge is 0.256 e. The molecule has 2 aliphatic rings. The van der Waals surface area contributed by atoms with Crippen LogP contribution in [0.15, 0.2) is 83.9 Å².